The van der Waals surface area contributed by atoms with Crippen LogP contribution < -0.4 is 14.5 Å². The summed E-state index contributed by atoms with van der Waals surface area (Å²) in [5.41, 5.74) is 4.20. The number of amidine groups is 1. The van der Waals surface area contributed by atoms with Gasteiger partial charge in [0.15, 0.2) is 5.17 Å². The van der Waals surface area contributed by atoms with Crippen LogP contribution in [0.25, 0.3) is 0 Å². The van der Waals surface area contributed by atoms with Crippen molar-refractivity contribution in [2.75, 3.05) is 69.9 Å². The Hall–Kier alpha value is -3.45. The van der Waals surface area contributed by atoms with Crippen LogP contribution in [0.15, 0.2) is 90.4 Å². The van der Waals surface area contributed by atoms with Gasteiger partial charge >= 0.3 is 0 Å². The molecule has 10 nitrogen and oxygen atoms in total. The predicted octanol–water partition coefficient (Wildman–Crippen LogP) is 6.50. The van der Waals surface area contributed by atoms with E-state index >= 15 is 0 Å². The zero-order valence-electron chi connectivity index (χ0n) is 26.9. The molecule has 0 saturated carbocycles. The molecule has 4 heterocycles. The number of hydrogen-bond acceptors (Lipinski definition) is 9. The van der Waals surface area contributed by atoms with Crippen LogP contribution in [0.3, 0.4) is 0 Å². The standard InChI is InChI=1S/C35H38Cl2N6O4S/c1-40-20-33(44-2)48-34(40)39-26-4-6-27(7-5-26)42-15-17-43(18-16-42)28-8-10-29(11-9-28)45-21-30-22-46-35(47-30,23-41-14-13-38-24-41)31-12-3-25(36)19-32(31)37/h3-14,19,24,30,33H,15-18,20-23H2,1-2H3/b39-34-. The Morgan fingerprint density at radius 3 is 2.31 bits per heavy atom. The van der Waals surface area contributed by atoms with Crippen molar-refractivity contribution in [1.82, 2.24) is 14.5 Å². The van der Waals surface area contributed by atoms with E-state index in [1.807, 2.05) is 29.0 Å². The average Bonchev–Trinajstić information content (AvgIpc) is 3.86. The van der Waals surface area contributed by atoms with Crippen molar-refractivity contribution in [1.29, 1.82) is 0 Å². The number of imidazole rings is 1. The van der Waals surface area contributed by atoms with Gasteiger partial charge in [-0.25, -0.2) is 9.98 Å². The number of aromatic nitrogens is 2. The molecule has 3 aliphatic rings. The Morgan fingerprint density at radius 1 is 0.979 bits per heavy atom. The van der Waals surface area contributed by atoms with E-state index in [0.29, 0.717) is 35.4 Å². The van der Waals surface area contributed by atoms with E-state index in [-0.39, 0.29) is 11.5 Å². The highest BCUT2D eigenvalue weighted by atomic mass is 35.5. The monoisotopic (exact) mass is 708 g/mol. The number of halogens is 2. The molecular weight excluding hydrogens is 671 g/mol. The molecule has 0 aliphatic carbocycles. The minimum Gasteiger partial charge on any atom is -0.491 e. The molecule has 3 saturated heterocycles. The smallest absolute Gasteiger partial charge is 0.215 e. The number of anilines is 2. The molecular formula is C35H38Cl2N6O4S. The summed E-state index contributed by atoms with van der Waals surface area (Å²) in [5.74, 6) is -0.306. The summed E-state index contributed by atoms with van der Waals surface area (Å²) in [6.45, 7) is 5.68. The molecule has 0 amide bonds. The third-order valence-electron chi connectivity index (χ3n) is 8.76. The lowest BCUT2D eigenvalue weighted by atomic mass is 10.1. The van der Waals surface area contributed by atoms with Crippen molar-refractivity contribution in [3.05, 3.63) is 101 Å². The van der Waals surface area contributed by atoms with Crippen molar-refractivity contribution < 1.29 is 18.9 Å². The molecule has 0 spiro atoms. The Morgan fingerprint density at radius 2 is 1.69 bits per heavy atom. The molecule has 48 heavy (non-hydrogen) atoms. The van der Waals surface area contributed by atoms with Gasteiger partial charge in [0.1, 0.15) is 23.9 Å². The van der Waals surface area contributed by atoms with E-state index in [4.69, 9.17) is 47.1 Å². The van der Waals surface area contributed by atoms with Gasteiger partial charge < -0.3 is 38.2 Å². The molecule has 7 rings (SSSR count). The number of benzene rings is 3. The summed E-state index contributed by atoms with van der Waals surface area (Å²) in [5, 5.41) is 2.02. The summed E-state index contributed by atoms with van der Waals surface area (Å²) in [4.78, 5) is 16.0. The van der Waals surface area contributed by atoms with Crippen LogP contribution in [0.2, 0.25) is 10.0 Å². The highest BCUT2D eigenvalue weighted by molar-refractivity contribution is 8.14. The number of hydrogen-bond donors (Lipinski definition) is 0. The molecule has 3 aromatic carbocycles. The lowest BCUT2D eigenvalue weighted by molar-refractivity contribution is -0.189. The largest absolute Gasteiger partial charge is 0.491 e. The molecule has 0 radical (unpaired) electrons. The molecule has 4 aromatic rings. The number of piperazine rings is 1. The zero-order chi connectivity index (χ0) is 33.1. The number of methoxy groups -OCH3 is 1. The van der Waals surface area contributed by atoms with E-state index in [1.165, 1.54) is 11.4 Å². The van der Waals surface area contributed by atoms with Crippen LogP contribution in [-0.4, -0.2) is 91.3 Å². The van der Waals surface area contributed by atoms with Gasteiger partial charge in [0, 0.05) is 74.7 Å². The van der Waals surface area contributed by atoms with E-state index in [1.54, 1.807) is 43.5 Å². The van der Waals surface area contributed by atoms with Crippen LogP contribution in [-0.2, 0) is 26.5 Å². The van der Waals surface area contributed by atoms with Crippen LogP contribution in [0, 0.1) is 0 Å². The number of aliphatic imine (C=N–C) groups is 1. The van der Waals surface area contributed by atoms with Crippen molar-refractivity contribution in [2.24, 2.45) is 4.99 Å². The van der Waals surface area contributed by atoms with E-state index in [2.05, 4.69) is 63.1 Å². The first-order chi connectivity index (χ1) is 23.4. The quantitative estimate of drug-likeness (QED) is 0.184. The topological polar surface area (TPSA) is 76.8 Å². The summed E-state index contributed by atoms with van der Waals surface area (Å²) in [6.07, 6.45) is 5.02. The lowest BCUT2D eigenvalue weighted by Gasteiger charge is -2.37. The third-order valence-corrected chi connectivity index (χ3v) is 10.5. The number of rotatable bonds is 10. The maximum absolute atomic E-state index is 6.60. The molecule has 0 N–H and O–H groups in total. The first kappa shape index (κ1) is 33.1. The molecule has 3 fully saturated rings. The van der Waals surface area contributed by atoms with Gasteiger partial charge in [-0.1, -0.05) is 41.0 Å². The maximum atomic E-state index is 6.60. The lowest BCUT2D eigenvalue weighted by Crippen LogP contribution is -2.46. The molecule has 1 aromatic heterocycles. The first-order valence-corrected chi connectivity index (χ1v) is 17.6. The van der Waals surface area contributed by atoms with Crippen LogP contribution in [0.5, 0.6) is 5.75 Å². The van der Waals surface area contributed by atoms with E-state index in [9.17, 15) is 0 Å². The average molecular weight is 710 g/mol. The number of ether oxygens (including phenoxy) is 4. The van der Waals surface area contributed by atoms with Gasteiger partial charge in [0.25, 0.3) is 0 Å². The van der Waals surface area contributed by atoms with E-state index in [0.717, 1.165) is 49.3 Å². The number of thioether (sulfide) groups is 1. The maximum Gasteiger partial charge on any atom is 0.215 e. The first-order valence-electron chi connectivity index (χ1n) is 15.9. The van der Waals surface area contributed by atoms with Crippen molar-refractivity contribution in [3.8, 4) is 5.75 Å². The molecule has 0 bridgehead atoms. The second-order valence-corrected chi connectivity index (χ2v) is 14.0. The van der Waals surface area contributed by atoms with Gasteiger partial charge in [-0.2, -0.15) is 0 Å². The fraction of sp³-hybridized carbons (Fsp3) is 0.371. The highest BCUT2D eigenvalue weighted by Crippen LogP contribution is 2.41. The van der Waals surface area contributed by atoms with Gasteiger partial charge in [0.05, 0.1) is 36.7 Å². The Labute approximate surface area is 295 Å². The van der Waals surface area contributed by atoms with Crippen molar-refractivity contribution in [3.63, 3.8) is 0 Å². The Kier molecular flexibility index (Phi) is 10.0. The van der Waals surface area contributed by atoms with Crippen LogP contribution in [0.4, 0.5) is 17.1 Å². The Bertz CT molecular complexity index is 1700. The second-order valence-electron chi connectivity index (χ2n) is 12.0. The van der Waals surface area contributed by atoms with Crippen molar-refractivity contribution in [2.45, 2.75) is 23.9 Å². The fourth-order valence-corrected chi connectivity index (χ4v) is 7.76. The van der Waals surface area contributed by atoms with Crippen LogP contribution in [0.1, 0.15) is 5.56 Å². The molecule has 3 unspecified atom stereocenters. The van der Waals surface area contributed by atoms with Crippen molar-refractivity contribution >= 4 is 57.2 Å². The van der Waals surface area contributed by atoms with Crippen LogP contribution >= 0.6 is 35.0 Å². The third kappa shape index (κ3) is 7.41. The summed E-state index contributed by atoms with van der Waals surface area (Å²) in [6, 6.07) is 22.1. The Balaban J connectivity index is 0.912. The number of nitrogens with zero attached hydrogens (tertiary/aromatic N) is 6. The zero-order valence-corrected chi connectivity index (χ0v) is 29.2. The molecule has 252 valence electrons. The van der Waals surface area contributed by atoms with E-state index < -0.39 is 5.79 Å². The van der Waals surface area contributed by atoms with Gasteiger partial charge in [-0.3, -0.25) is 0 Å². The SMILES string of the molecule is COC1CN(C)/C(=N/c2ccc(N3CCN(c4ccc(OCC5COC(Cn6ccnc6)(c6ccc(Cl)cc6Cl)O5)cc4)CC3)cc2)S1. The highest BCUT2D eigenvalue weighted by Gasteiger charge is 2.45. The number of likely N-dealkylation sites (N-methyl/N-ethyl adjacent to an activating group) is 1. The summed E-state index contributed by atoms with van der Waals surface area (Å²) >= 11 is 14.4. The summed E-state index contributed by atoms with van der Waals surface area (Å²) < 4.78 is 26.4. The normalized spacial score (nSPS) is 23.8. The van der Waals surface area contributed by atoms with Gasteiger partial charge in [-0.15, -0.1) is 0 Å². The summed E-state index contributed by atoms with van der Waals surface area (Å²) in [7, 11) is 3.79. The van der Waals surface area contributed by atoms with Gasteiger partial charge in [0.2, 0.25) is 5.79 Å². The molecule has 13 heteroatoms. The minimum atomic E-state index is -1.08. The predicted molar refractivity (Wildman–Crippen MR) is 192 cm³/mol. The second kappa shape index (κ2) is 14.6. The van der Waals surface area contributed by atoms with Gasteiger partial charge in [-0.05, 0) is 60.7 Å². The fourth-order valence-electron chi connectivity index (χ4n) is 6.17. The molecule has 3 atom stereocenters. The molecule has 3 aliphatic heterocycles. The minimum absolute atomic E-state index is 0.136.